The van der Waals surface area contributed by atoms with Gasteiger partial charge < -0.3 is 0 Å². The number of aryl methyl sites for hydroxylation is 4. The van der Waals surface area contributed by atoms with Crippen molar-refractivity contribution in [2.24, 2.45) is 9.98 Å². The topological polar surface area (TPSA) is 24.7 Å². The molecule has 0 aliphatic heterocycles. The lowest BCUT2D eigenvalue weighted by Gasteiger charge is -2.17. The molecule has 0 radical (unpaired) electrons. The van der Waals surface area contributed by atoms with Gasteiger partial charge in [-0.3, -0.25) is 9.98 Å². The molecule has 0 amide bonds. The third kappa shape index (κ3) is 12.0. The van der Waals surface area contributed by atoms with E-state index in [1.54, 1.807) is 5.56 Å². The maximum atomic E-state index is 5.13. The minimum absolute atomic E-state index is 0.955. The summed E-state index contributed by atoms with van der Waals surface area (Å²) in [6, 6.07) is 20.4. The Bertz CT molecular complexity index is 1330. The Morgan fingerprint density at radius 3 is 1.71 bits per heavy atom. The van der Waals surface area contributed by atoms with Crippen molar-refractivity contribution in [1.82, 2.24) is 0 Å². The lowest BCUT2D eigenvalue weighted by atomic mass is 9.88. The quantitative estimate of drug-likeness (QED) is 0.0851. The van der Waals surface area contributed by atoms with Gasteiger partial charge >= 0.3 is 0 Å². The monoisotopic (exact) mass is 606 g/mol. The summed E-state index contributed by atoms with van der Waals surface area (Å²) in [5.74, 6) is 0. The second-order valence-corrected chi connectivity index (χ2v) is 12.9. The van der Waals surface area contributed by atoms with E-state index >= 15 is 0 Å². The Balaban J connectivity index is 1.91. The summed E-state index contributed by atoms with van der Waals surface area (Å²) in [7, 11) is 0. The highest BCUT2D eigenvalue weighted by atomic mass is 14.8. The Morgan fingerprint density at radius 2 is 1.09 bits per heavy atom. The zero-order valence-corrected chi connectivity index (χ0v) is 29.7. The largest absolute Gasteiger partial charge is 0.255 e. The number of hydrogen-bond acceptors (Lipinski definition) is 2. The van der Waals surface area contributed by atoms with Crippen LogP contribution in [0.4, 0.5) is 11.4 Å². The summed E-state index contributed by atoms with van der Waals surface area (Å²) < 4.78 is 0. The van der Waals surface area contributed by atoms with Crippen LogP contribution in [0.1, 0.15) is 146 Å². The molecular formula is C43H62N2. The van der Waals surface area contributed by atoms with Crippen LogP contribution in [0, 0.1) is 0 Å². The van der Waals surface area contributed by atoms with Gasteiger partial charge in [0, 0.05) is 6.21 Å². The number of hydrogen-bond donors (Lipinski definition) is 0. The standard InChI is InChI=1S/C43H62N2/c1-7-12-15-17-18-21-27-37-30-40(29-35(10-4)42(37)11-5)44-33-34(6)45-41-31-38(24-14-9-3)43(36-25-22-19-23-26-36)39(32-41)28-20-16-13-8-2/h19,22-23,25-26,29-33H,7-18,20-21,24,27-28H2,1-6H3. The fourth-order valence-corrected chi connectivity index (χ4v) is 6.64. The summed E-state index contributed by atoms with van der Waals surface area (Å²) in [5.41, 5.74) is 13.2. The van der Waals surface area contributed by atoms with E-state index in [0.717, 1.165) is 49.2 Å². The smallest absolute Gasteiger partial charge is 0.0639 e. The van der Waals surface area contributed by atoms with Crippen LogP contribution >= 0.6 is 0 Å². The maximum absolute atomic E-state index is 5.13. The molecule has 0 fully saturated rings. The van der Waals surface area contributed by atoms with Gasteiger partial charge in [-0.2, -0.15) is 0 Å². The highest BCUT2D eigenvalue weighted by Gasteiger charge is 2.14. The molecule has 0 heterocycles. The van der Waals surface area contributed by atoms with Gasteiger partial charge in [-0.05, 0) is 121 Å². The Kier molecular flexibility index (Phi) is 17.0. The Labute approximate surface area is 276 Å². The molecule has 2 nitrogen and oxygen atoms in total. The summed E-state index contributed by atoms with van der Waals surface area (Å²) in [6.45, 7) is 13.5. The average Bonchev–Trinajstić information content (AvgIpc) is 3.06. The molecule has 3 aromatic carbocycles. The van der Waals surface area contributed by atoms with Gasteiger partial charge in [0.1, 0.15) is 0 Å². The second kappa shape index (κ2) is 20.9. The highest BCUT2D eigenvalue weighted by Crippen LogP contribution is 2.34. The zero-order chi connectivity index (χ0) is 32.3. The number of unbranched alkanes of at least 4 members (excludes halogenated alkanes) is 9. The molecule has 45 heavy (non-hydrogen) atoms. The van der Waals surface area contributed by atoms with E-state index in [4.69, 9.17) is 9.98 Å². The molecule has 0 saturated heterocycles. The van der Waals surface area contributed by atoms with Crippen LogP contribution in [0.3, 0.4) is 0 Å². The van der Waals surface area contributed by atoms with Crippen LogP contribution in [0.5, 0.6) is 0 Å². The van der Waals surface area contributed by atoms with Crippen molar-refractivity contribution in [2.45, 2.75) is 151 Å². The van der Waals surface area contributed by atoms with E-state index in [2.05, 4.69) is 96.1 Å². The van der Waals surface area contributed by atoms with E-state index in [1.165, 1.54) is 110 Å². The Morgan fingerprint density at radius 1 is 0.556 bits per heavy atom. The van der Waals surface area contributed by atoms with Gasteiger partial charge in [-0.1, -0.05) is 123 Å². The van der Waals surface area contributed by atoms with Crippen molar-refractivity contribution < 1.29 is 0 Å². The fraction of sp³-hybridized carbons (Fsp3) is 0.535. The molecule has 0 atom stereocenters. The molecule has 3 aromatic rings. The van der Waals surface area contributed by atoms with Crippen molar-refractivity contribution in [2.75, 3.05) is 0 Å². The van der Waals surface area contributed by atoms with Crippen LogP contribution in [-0.2, 0) is 32.1 Å². The molecular weight excluding hydrogens is 544 g/mol. The second-order valence-electron chi connectivity index (χ2n) is 12.9. The van der Waals surface area contributed by atoms with Gasteiger partial charge in [0.25, 0.3) is 0 Å². The van der Waals surface area contributed by atoms with E-state index in [9.17, 15) is 0 Å². The highest BCUT2D eigenvalue weighted by molar-refractivity contribution is 6.30. The summed E-state index contributed by atoms with van der Waals surface area (Å²) in [4.78, 5) is 10.1. The molecule has 0 aliphatic carbocycles. The van der Waals surface area contributed by atoms with E-state index in [-0.39, 0.29) is 0 Å². The van der Waals surface area contributed by atoms with Crippen molar-refractivity contribution in [1.29, 1.82) is 0 Å². The van der Waals surface area contributed by atoms with Crippen LogP contribution in [0.25, 0.3) is 11.1 Å². The molecule has 0 N–H and O–H groups in total. The molecule has 0 bridgehead atoms. The summed E-state index contributed by atoms with van der Waals surface area (Å²) in [6.07, 6.45) is 22.9. The summed E-state index contributed by atoms with van der Waals surface area (Å²) in [5, 5.41) is 0. The Hall–Kier alpha value is -3.00. The first kappa shape index (κ1) is 36.5. The van der Waals surface area contributed by atoms with Crippen LogP contribution < -0.4 is 0 Å². The molecule has 244 valence electrons. The number of nitrogens with zero attached hydrogens (tertiary/aromatic N) is 2. The van der Waals surface area contributed by atoms with E-state index in [1.807, 2.05) is 6.21 Å². The van der Waals surface area contributed by atoms with E-state index < -0.39 is 0 Å². The van der Waals surface area contributed by atoms with Gasteiger partial charge in [0.2, 0.25) is 0 Å². The van der Waals surface area contributed by atoms with E-state index in [0.29, 0.717) is 0 Å². The van der Waals surface area contributed by atoms with Crippen molar-refractivity contribution in [3.8, 4) is 11.1 Å². The first-order valence-corrected chi connectivity index (χ1v) is 18.5. The normalized spacial score (nSPS) is 12.0. The first-order valence-electron chi connectivity index (χ1n) is 18.5. The molecule has 0 spiro atoms. The third-order valence-corrected chi connectivity index (χ3v) is 9.11. The van der Waals surface area contributed by atoms with Crippen molar-refractivity contribution in [3.63, 3.8) is 0 Å². The van der Waals surface area contributed by atoms with Crippen LogP contribution in [-0.4, -0.2) is 11.9 Å². The molecule has 0 aliphatic rings. The molecule has 0 aromatic heterocycles. The zero-order valence-electron chi connectivity index (χ0n) is 29.7. The van der Waals surface area contributed by atoms with Crippen LogP contribution in [0.2, 0.25) is 0 Å². The number of aliphatic imine (C=N–C) groups is 2. The average molecular weight is 607 g/mol. The maximum Gasteiger partial charge on any atom is 0.0639 e. The van der Waals surface area contributed by atoms with Gasteiger partial charge in [0.05, 0.1) is 17.1 Å². The minimum atomic E-state index is 0.955. The molecule has 0 saturated carbocycles. The first-order chi connectivity index (χ1) is 22.0. The molecule has 2 heteroatoms. The van der Waals surface area contributed by atoms with Crippen molar-refractivity contribution >= 4 is 23.3 Å². The van der Waals surface area contributed by atoms with Gasteiger partial charge in [-0.15, -0.1) is 0 Å². The molecule has 3 rings (SSSR count). The molecule has 0 unspecified atom stereocenters. The predicted molar refractivity (Wildman–Crippen MR) is 202 cm³/mol. The van der Waals surface area contributed by atoms with Crippen molar-refractivity contribution in [3.05, 3.63) is 82.4 Å². The number of rotatable bonds is 21. The van der Waals surface area contributed by atoms with Gasteiger partial charge in [-0.25, -0.2) is 0 Å². The summed E-state index contributed by atoms with van der Waals surface area (Å²) >= 11 is 0. The lowest BCUT2D eigenvalue weighted by Crippen LogP contribution is -2.00. The predicted octanol–water partition coefficient (Wildman–Crippen LogP) is 13.3. The fourth-order valence-electron chi connectivity index (χ4n) is 6.64. The van der Waals surface area contributed by atoms with Crippen LogP contribution in [0.15, 0.2) is 64.6 Å². The minimum Gasteiger partial charge on any atom is -0.255 e. The number of benzene rings is 3. The SMILES string of the molecule is CCCCCCCCc1cc(N=CC(C)=Nc2cc(CCCC)c(-c3ccccc3)c(CCCCCC)c2)cc(CC)c1CC. The lowest BCUT2D eigenvalue weighted by molar-refractivity contribution is 0.606. The van der Waals surface area contributed by atoms with Gasteiger partial charge in [0.15, 0.2) is 0 Å². The third-order valence-electron chi connectivity index (χ3n) is 9.11.